The Bertz CT molecular complexity index is 780. The van der Waals surface area contributed by atoms with Gasteiger partial charge in [-0.2, -0.15) is 0 Å². The summed E-state index contributed by atoms with van der Waals surface area (Å²) in [7, 11) is 0. The minimum atomic E-state index is 0.0392. The molecule has 142 valence electrons. The summed E-state index contributed by atoms with van der Waals surface area (Å²) in [5.41, 5.74) is 8.49. The average molecular weight is 366 g/mol. The smallest absolute Gasteiger partial charge is 0.254 e. The van der Waals surface area contributed by atoms with E-state index in [4.69, 9.17) is 10.5 Å². The van der Waals surface area contributed by atoms with Crippen LogP contribution in [0.3, 0.4) is 0 Å². The van der Waals surface area contributed by atoms with Gasteiger partial charge in [-0.25, -0.2) is 4.99 Å². The van der Waals surface area contributed by atoms with Crippen LogP contribution in [0.15, 0.2) is 59.6 Å². The Hall–Kier alpha value is -2.86. The van der Waals surface area contributed by atoms with Crippen LogP contribution >= 0.6 is 0 Å². The van der Waals surface area contributed by atoms with Gasteiger partial charge in [0.2, 0.25) is 0 Å². The fourth-order valence-corrected chi connectivity index (χ4v) is 3.16. The van der Waals surface area contributed by atoms with E-state index >= 15 is 0 Å². The topological polar surface area (TPSA) is 80.0 Å². The van der Waals surface area contributed by atoms with Gasteiger partial charge in [-0.05, 0) is 43.7 Å². The van der Waals surface area contributed by atoms with Crippen LogP contribution in [0.2, 0.25) is 0 Å². The molecule has 1 fully saturated rings. The molecule has 0 saturated carbocycles. The molecule has 0 bridgehead atoms. The van der Waals surface area contributed by atoms with Gasteiger partial charge in [-0.3, -0.25) is 4.79 Å². The molecule has 0 aliphatic carbocycles. The predicted octanol–water partition coefficient (Wildman–Crippen LogP) is 2.86. The predicted molar refractivity (Wildman–Crippen MR) is 108 cm³/mol. The van der Waals surface area contributed by atoms with E-state index in [0.29, 0.717) is 31.2 Å². The molecule has 1 aliphatic heterocycles. The maximum Gasteiger partial charge on any atom is 0.254 e. The molecular weight excluding hydrogens is 340 g/mol. The molecule has 1 saturated heterocycles. The molecule has 2 unspecified atom stereocenters. The van der Waals surface area contributed by atoms with E-state index in [0.717, 1.165) is 11.3 Å². The number of anilines is 1. The number of para-hydroxylation sites is 1. The quantitative estimate of drug-likeness (QED) is 0.644. The number of carbonyl (C=O) groups excluding carboxylic acids is 1. The second-order valence-electron chi connectivity index (χ2n) is 6.86. The van der Waals surface area contributed by atoms with Crippen LogP contribution in [-0.4, -0.2) is 42.1 Å². The lowest BCUT2D eigenvalue weighted by atomic mass is 10.1. The highest BCUT2D eigenvalue weighted by Crippen LogP contribution is 2.15. The van der Waals surface area contributed by atoms with Gasteiger partial charge in [0, 0.05) is 24.3 Å². The fraction of sp³-hybridized carbons (Fsp3) is 0.333. The average Bonchev–Trinajstić information content (AvgIpc) is 2.66. The van der Waals surface area contributed by atoms with Crippen molar-refractivity contribution in [2.24, 2.45) is 10.7 Å². The third-order valence-corrected chi connectivity index (χ3v) is 4.39. The van der Waals surface area contributed by atoms with E-state index in [1.54, 1.807) is 0 Å². The van der Waals surface area contributed by atoms with Gasteiger partial charge in [0.15, 0.2) is 5.96 Å². The van der Waals surface area contributed by atoms with Crippen molar-refractivity contribution in [3.05, 3.63) is 65.7 Å². The molecule has 3 rings (SSSR count). The Kier molecular flexibility index (Phi) is 6.08. The summed E-state index contributed by atoms with van der Waals surface area (Å²) in [6, 6.07) is 17.2. The van der Waals surface area contributed by atoms with Crippen LogP contribution in [-0.2, 0) is 11.3 Å². The van der Waals surface area contributed by atoms with E-state index in [1.165, 1.54) is 0 Å². The number of morpholine rings is 1. The first-order chi connectivity index (χ1) is 13.0. The van der Waals surface area contributed by atoms with Crippen molar-refractivity contribution < 1.29 is 9.53 Å². The second kappa shape index (κ2) is 8.68. The van der Waals surface area contributed by atoms with E-state index in [9.17, 15) is 4.79 Å². The number of nitrogens with two attached hydrogens (primary N) is 1. The van der Waals surface area contributed by atoms with Crippen molar-refractivity contribution in [2.75, 3.05) is 18.4 Å². The van der Waals surface area contributed by atoms with Gasteiger partial charge in [-0.1, -0.05) is 30.3 Å². The molecule has 6 heteroatoms. The number of ether oxygens (including phenoxy) is 1. The van der Waals surface area contributed by atoms with Gasteiger partial charge in [0.1, 0.15) is 0 Å². The summed E-state index contributed by atoms with van der Waals surface area (Å²) < 4.78 is 5.69. The van der Waals surface area contributed by atoms with Crippen molar-refractivity contribution in [3.63, 3.8) is 0 Å². The van der Waals surface area contributed by atoms with Crippen LogP contribution in [0.4, 0.5) is 5.69 Å². The zero-order valence-corrected chi connectivity index (χ0v) is 15.8. The number of carbonyl (C=O) groups is 1. The van der Waals surface area contributed by atoms with E-state index < -0.39 is 0 Å². The number of hydrogen-bond donors (Lipinski definition) is 2. The third kappa shape index (κ3) is 5.31. The van der Waals surface area contributed by atoms with Crippen LogP contribution < -0.4 is 11.1 Å². The molecule has 2 atom stereocenters. The molecular formula is C21H26N4O2. The summed E-state index contributed by atoms with van der Waals surface area (Å²) in [5.74, 6) is 0.398. The minimum absolute atomic E-state index is 0.0392. The van der Waals surface area contributed by atoms with Crippen LogP contribution in [0, 0.1) is 0 Å². The summed E-state index contributed by atoms with van der Waals surface area (Å²) >= 11 is 0. The molecule has 27 heavy (non-hydrogen) atoms. The number of benzene rings is 2. The first kappa shape index (κ1) is 18.9. The monoisotopic (exact) mass is 366 g/mol. The minimum Gasteiger partial charge on any atom is -0.372 e. The Morgan fingerprint density at radius 3 is 2.37 bits per heavy atom. The van der Waals surface area contributed by atoms with E-state index in [-0.39, 0.29) is 18.1 Å². The molecule has 1 aliphatic rings. The summed E-state index contributed by atoms with van der Waals surface area (Å²) in [6.07, 6.45) is 0.123. The van der Waals surface area contributed by atoms with Gasteiger partial charge in [0.05, 0.1) is 18.8 Å². The molecule has 0 spiro atoms. The largest absolute Gasteiger partial charge is 0.372 e. The van der Waals surface area contributed by atoms with Gasteiger partial charge in [-0.15, -0.1) is 0 Å². The maximum atomic E-state index is 12.7. The number of nitrogens with zero attached hydrogens (tertiary/aromatic N) is 2. The van der Waals surface area contributed by atoms with Gasteiger partial charge >= 0.3 is 0 Å². The lowest BCUT2D eigenvalue weighted by Gasteiger charge is -2.35. The molecule has 2 aromatic carbocycles. The number of hydrogen-bond acceptors (Lipinski definition) is 3. The number of amides is 1. The Morgan fingerprint density at radius 1 is 1.11 bits per heavy atom. The highest BCUT2D eigenvalue weighted by molar-refractivity contribution is 5.94. The standard InChI is InChI=1S/C21H26N4O2/c1-15-13-25(14-16(2)27-15)20(26)18-10-8-17(9-11-18)12-23-21(22)24-19-6-4-3-5-7-19/h3-11,15-16H,12-14H2,1-2H3,(H3,22,23,24). The van der Waals surface area contributed by atoms with Crippen molar-refractivity contribution in [1.82, 2.24) is 4.90 Å². The van der Waals surface area contributed by atoms with Gasteiger partial charge < -0.3 is 20.7 Å². The van der Waals surface area contributed by atoms with Crippen molar-refractivity contribution in [3.8, 4) is 0 Å². The fourth-order valence-electron chi connectivity index (χ4n) is 3.16. The molecule has 0 aromatic heterocycles. The maximum absolute atomic E-state index is 12.7. The van der Waals surface area contributed by atoms with Crippen molar-refractivity contribution in [2.45, 2.75) is 32.6 Å². The van der Waals surface area contributed by atoms with E-state index in [1.807, 2.05) is 73.3 Å². The molecule has 6 nitrogen and oxygen atoms in total. The number of rotatable bonds is 4. The SMILES string of the molecule is CC1CN(C(=O)c2ccc(CN=C(N)Nc3ccccc3)cc2)CC(C)O1. The van der Waals surface area contributed by atoms with Crippen LogP contribution in [0.25, 0.3) is 0 Å². The first-order valence-corrected chi connectivity index (χ1v) is 9.17. The molecule has 0 radical (unpaired) electrons. The number of aliphatic imine (C=N–C) groups is 1. The lowest BCUT2D eigenvalue weighted by Crippen LogP contribution is -2.48. The Labute approximate surface area is 160 Å². The number of nitrogens with one attached hydrogen (secondary N) is 1. The lowest BCUT2D eigenvalue weighted by molar-refractivity contribution is -0.0586. The van der Waals surface area contributed by atoms with E-state index in [2.05, 4.69) is 10.3 Å². The highest BCUT2D eigenvalue weighted by atomic mass is 16.5. The Morgan fingerprint density at radius 2 is 1.74 bits per heavy atom. The summed E-state index contributed by atoms with van der Waals surface area (Å²) in [5, 5.41) is 3.05. The molecule has 1 heterocycles. The van der Waals surface area contributed by atoms with Crippen LogP contribution in [0.5, 0.6) is 0 Å². The molecule has 1 amide bonds. The Balaban J connectivity index is 1.58. The summed E-state index contributed by atoms with van der Waals surface area (Å²) in [4.78, 5) is 18.9. The zero-order chi connectivity index (χ0) is 19.2. The van der Waals surface area contributed by atoms with Crippen molar-refractivity contribution >= 4 is 17.6 Å². The third-order valence-electron chi connectivity index (χ3n) is 4.39. The van der Waals surface area contributed by atoms with Crippen molar-refractivity contribution in [1.29, 1.82) is 0 Å². The highest BCUT2D eigenvalue weighted by Gasteiger charge is 2.26. The van der Waals surface area contributed by atoms with Gasteiger partial charge in [0.25, 0.3) is 5.91 Å². The van der Waals surface area contributed by atoms with Crippen LogP contribution in [0.1, 0.15) is 29.8 Å². The summed E-state index contributed by atoms with van der Waals surface area (Å²) in [6.45, 7) is 5.68. The molecule has 3 N–H and O–H groups in total. The molecule has 2 aromatic rings. The number of guanidine groups is 1. The normalized spacial score (nSPS) is 20.4. The first-order valence-electron chi connectivity index (χ1n) is 9.17. The second-order valence-corrected chi connectivity index (χ2v) is 6.86. The zero-order valence-electron chi connectivity index (χ0n) is 15.8.